The van der Waals surface area contributed by atoms with Crippen LogP contribution in [0.4, 0.5) is 11.4 Å². The summed E-state index contributed by atoms with van der Waals surface area (Å²) in [5.41, 5.74) is 3.05. The highest BCUT2D eigenvalue weighted by atomic mass is 32.2. The van der Waals surface area contributed by atoms with Crippen molar-refractivity contribution in [1.82, 2.24) is 0 Å². The molecule has 0 saturated carbocycles. The zero-order valence-corrected chi connectivity index (χ0v) is 16.6. The van der Waals surface area contributed by atoms with Crippen LogP contribution in [0.3, 0.4) is 0 Å². The summed E-state index contributed by atoms with van der Waals surface area (Å²) < 4.78 is 4.76. The van der Waals surface area contributed by atoms with Crippen molar-refractivity contribution in [3.8, 4) is 0 Å². The van der Waals surface area contributed by atoms with E-state index in [1.807, 2.05) is 30.8 Å². The van der Waals surface area contributed by atoms with E-state index in [4.69, 9.17) is 4.74 Å². The number of hydrogen-bond acceptors (Lipinski definition) is 5. The molecule has 1 unspecified atom stereocenters. The fourth-order valence-electron chi connectivity index (χ4n) is 3.08. The third-order valence-corrected chi connectivity index (χ3v) is 5.84. The molecule has 6 heteroatoms. The van der Waals surface area contributed by atoms with Crippen molar-refractivity contribution >= 4 is 35.0 Å². The molecule has 3 rings (SSSR count). The van der Waals surface area contributed by atoms with Gasteiger partial charge in [-0.3, -0.25) is 4.79 Å². The summed E-state index contributed by atoms with van der Waals surface area (Å²) in [6.07, 6.45) is 1.02. The lowest BCUT2D eigenvalue weighted by Crippen LogP contribution is -2.34. The van der Waals surface area contributed by atoms with Crippen LogP contribution in [0.5, 0.6) is 0 Å². The topological polar surface area (TPSA) is 58.6 Å². The fraction of sp³-hybridized carbons (Fsp3) is 0.333. The number of rotatable bonds is 4. The molecule has 2 aromatic rings. The Balaban J connectivity index is 1.76. The molecule has 2 aromatic carbocycles. The van der Waals surface area contributed by atoms with E-state index in [1.165, 1.54) is 12.0 Å². The van der Waals surface area contributed by atoms with E-state index >= 15 is 0 Å². The maximum absolute atomic E-state index is 12.7. The molecule has 1 heterocycles. The van der Waals surface area contributed by atoms with Crippen molar-refractivity contribution in [3.05, 3.63) is 53.6 Å². The number of carbonyl (C=O) groups is 2. The third-order valence-electron chi connectivity index (χ3n) is 4.61. The number of para-hydroxylation sites is 1. The molecule has 1 aliphatic heterocycles. The molecular weight excluding hydrogens is 360 g/mol. The highest BCUT2D eigenvalue weighted by Crippen LogP contribution is 2.37. The number of nitrogens with one attached hydrogen (secondary N) is 1. The molecule has 1 aliphatic rings. The molecule has 5 nitrogen and oxygen atoms in total. The maximum atomic E-state index is 12.7. The first-order valence-corrected chi connectivity index (χ1v) is 9.85. The Morgan fingerprint density at radius 1 is 1.26 bits per heavy atom. The molecule has 142 valence electrons. The monoisotopic (exact) mass is 384 g/mol. The number of benzene rings is 2. The summed E-state index contributed by atoms with van der Waals surface area (Å²) in [6.45, 7) is 5.22. The van der Waals surface area contributed by atoms with Gasteiger partial charge in [-0.15, -0.1) is 11.8 Å². The maximum Gasteiger partial charge on any atom is 0.337 e. The number of carbonyl (C=O) groups excluding carboxylic acids is 2. The zero-order valence-electron chi connectivity index (χ0n) is 15.8. The zero-order chi connectivity index (χ0) is 19.4. The summed E-state index contributed by atoms with van der Waals surface area (Å²) >= 11 is 1.85. The minimum absolute atomic E-state index is 0.102. The lowest BCUT2D eigenvalue weighted by molar-refractivity contribution is -0.115. The smallest absolute Gasteiger partial charge is 0.337 e. The molecule has 0 saturated heterocycles. The quantitative estimate of drug-likeness (QED) is 0.804. The average molecular weight is 385 g/mol. The van der Waals surface area contributed by atoms with Gasteiger partial charge in [-0.05, 0) is 43.2 Å². The molecule has 1 N–H and O–H groups in total. The van der Waals surface area contributed by atoms with E-state index in [1.54, 1.807) is 18.2 Å². The summed E-state index contributed by atoms with van der Waals surface area (Å²) in [5, 5.41) is 3.46. The van der Waals surface area contributed by atoms with Gasteiger partial charge in [0.25, 0.3) is 0 Å². The summed E-state index contributed by atoms with van der Waals surface area (Å²) in [7, 11) is 1.34. The van der Waals surface area contributed by atoms with Crippen LogP contribution in [0.1, 0.15) is 29.3 Å². The summed E-state index contributed by atoms with van der Waals surface area (Å²) in [4.78, 5) is 27.8. The normalized spacial score (nSPS) is 16.3. The Kier molecular flexibility index (Phi) is 6.06. The Labute approximate surface area is 164 Å². The first kappa shape index (κ1) is 19.3. The van der Waals surface area contributed by atoms with E-state index in [0.717, 1.165) is 24.2 Å². The van der Waals surface area contributed by atoms with Crippen LogP contribution >= 0.6 is 11.8 Å². The van der Waals surface area contributed by atoms with Gasteiger partial charge in [0, 0.05) is 22.4 Å². The van der Waals surface area contributed by atoms with Crippen LogP contribution in [0.2, 0.25) is 0 Å². The van der Waals surface area contributed by atoms with E-state index < -0.39 is 5.97 Å². The van der Waals surface area contributed by atoms with Gasteiger partial charge in [0.2, 0.25) is 5.91 Å². The number of methoxy groups -OCH3 is 1. The van der Waals surface area contributed by atoms with E-state index in [9.17, 15) is 9.59 Å². The fourth-order valence-corrected chi connectivity index (χ4v) is 4.21. The molecular formula is C21H24N2O3S. The van der Waals surface area contributed by atoms with Gasteiger partial charge >= 0.3 is 5.97 Å². The summed E-state index contributed by atoms with van der Waals surface area (Å²) in [5.74, 6) is -0.521. The minimum atomic E-state index is -0.419. The van der Waals surface area contributed by atoms with Crippen molar-refractivity contribution in [2.45, 2.75) is 30.4 Å². The number of amides is 1. The van der Waals surface area contributed by atoms with E-state index in [2.05, 4.69) is 29.3 Å². The van der Waals surface area contributed by atoms with Crippen molar-refractivity contribution in [3.63, 3.8) is 0 Å². The van der Waals surface area contributed by atoms with E-state index in [0.29, 0.717) is 16.5 Å². The highest BCUT2D eigenvalue weighted by Gasteiger charge is 2.21. The molecule has 1 atom stereocenters. The second kappa shape index (κ2) is 8.48. The van der Waals surface area contributed by atoms with Crippen LogP contribution in [0.15, 0.2) is 47.4 Å². The molecule has 0 spiro atoms. The van der Waals surface area contributed by atoms with Gasteiger partial charge in [-0.25, -0.2) is 4.79 Å². The molecule has 27 heavy (non-hydrogen) atoms. The van der Waals surface area contributed by atoms with Gasteiger partial charge in [-0.1, -0.05) is 25.1 Å². The van der Waals surface area contributed by atoms with Gasteiger partial charge in [0.05, 0.1) is 24.9 Å². The summed E-state index contributed by atoms with van der Waals surface area (Å²) in [6, 6.07) is 13.4. The predicted octanol–water partition coefficient (Wildman–Crippen LogP) is 4.11. The first-order valence-electron chi connectivity index (χ1n) is 8.97. The molecule has 0 aromatic heterocycles. The van der Waals surface area contributed by atoms with Gasteiger partial charge in [-0.2, -0.15) is 0 Å². The van der Waals surface area contributed by atoms with Crippen molar-refractivity contribution in [2.75, 3.05) is 30.4 Å². The number of thioether (sulfide) groups is 1. The van der Waals surface area contributed by atoms with E-state index in [-0.39, 0.29) is 12.5 Å². The number of ether oxygens (including phenoxy) is 1. The molecule has 0 bridgehead atoms. The second-order valence-corrected chi connectivity index (χ2v) is 8.16. The van der Waals surface area contributed by atoms with Crippen molar-refractivity contribution < 1.29 is 14.3 Å². The van der Waals surface area contributed by atoms with Crippen LogP contribution in [-0.2, 0) is 9.53 Å². The number of fused-ring (bicyclic) bond motifs is 1. The Bertz CT molecular complexity index is 853. The molecule has 0 radical (unpaired) electrons. The van der Waals surface area contributed by atoms with Gasteiger partial charge < -0.3 is 15.0 Å². The number of esters is 1. The van der Waals surface area contributed by atoms with Gasteiger partial charge in [0.15, 0.2) is 0 Å². The van der Waals surface area contributed by atoms with Gasteiger partial charge in [0.1, 0.15) is 0 Å². The van der Waals surface area contributed by atoms with Crippen molar-refractivity contribution in [2.24, 2.45) is 0 Å². The molecule has 1 amide bonds. The second-order valence-electron chi connectivity index (χ2n) is 6.68. The first-order chi connectivity index (χ1) is 13.0. The number of hydrogen-bond donors (Lipinski definition) is 1. The van der Waals surface area contributed by atoms with Crippen LogP contribution in [-0.4, -0.2) is 37.3 Å². The predicted molar refractivity (Wildman–Crippen MR) is 110 cm³/mol. The Hall–Kier alpha value is -2.47. The van der Waals surface area contributed by atoms with Crippen molar-refractivity contribution in [1.29, 1.82) is 0 Å². The Morgan fingerprint density at radius 3 is 2.81 bits per heavy atom. The number of nitrogens with zero attached hydrogens (tertiary/aromatic N) is 1. The lowest BCUT2D eigenvalue weighted by atomic mass is 10.1. The van der Waals surface area contributed by atoms with Crippen LogP contribution in [0, 0.1) is 6.92 Å². The molecule has 0 aliphatic carbocycles. The Morgan fingerprint density at radius 2 is 2.04 bits per heavy atom. The minimum Gasteiger partial charge on any atom is -0.465 e. The number of anilines is 2. The SMILES string of the molecule is COC(=O)c1ccc(C)c(NC(=O)CN2CCC(C)Sc3ccccc32)c1. The third kappa shape index (κ3) is 4.63. The average Bonchev–Trinajstić information content (AvgIpc) is 2.81. The highest BCUT2D eigenvalue weighted by molar-refractivity contribution is 8.00. The molecule has 0 fully saturated rings. The van der Waals surface area contributed by atoms with Crippen LogP contribution < -0.4 is 10.2 Å². The largest absolute Gasteiger partial charge is 0.465 e. The lowest BCUT2D eigenvalue weighted by Gasteiger charge is -2.24. The standard InChI is InChI=1S/C21H24N2O3S/c1-14-8-9-16(21(25)26-3)12-17(14)22-20(24)13-23-11-10-15(2)27-19-7-5-4-6-18(19)23/h4-9,12,15H,10-11,13H2,1-3H3,(H,22,24). The number of aryl methyl sites for hydroxylation is 1. The van der Waals surface area contributed by atoms with Crippen LogP contribution in [0.25, 0.3) is 0 Å².